The Hall–Kier alpha value is -4.51. The summed E-state index contributed by atoms with van der Waals surface area (Å²) in [6.07, 6.45) is -4.76. The molecule has 1 heterocycles. The fourth-order valence-electron chi connectivity index (χ4n) is 4.91. The first-order chi connectivity index (χ1) is 20.1. The van der Waals surface area contributed by atoms with Crippen molar-refractivity contribution in [2.45, 2.75) is 50.5 Å². The zero-order valence-electron chi connectivity index (χ0n) is 22.7. The van der Waals surface area contributed by atoms with Crippen LogP contribution in [0.4, 0.5) is 18.9 Å². The first-order valence-corrected chi connectivity index (χ1v) is 13.5. The van der Waals surface area contributed by atoms with Gasteiger partial charge in [-0.05, 0) is 36.2 Å². The lowest BCUT2D eigenvalue weighted by molar-refractivity contribution is -0.142. The summed E-state index contributed by atoms with van der Waals surface area (Å²) in [6, 6.07) is 18.2. The number of carbonyl (C=O) groups is 4. The molecule has 4 N–H and O–H groups in total. The molecule has 1 aliphatic rings. The van der Waals surface area contributed by atoms with Crippen LogP contribution in [0.3, 0.4) is 0 Å². The maximum Gasteiger partial charge on any atom is 0.418 e. The number of amides is 3. The number of benzene rings is 3. The molecule has 2 atom stereocenters. The van der Waals surface area contributed by atoms with Crippen molar-refractivity contribution < 1.29 is 32.3 Å². The van der Waals surface area contributed by atoms with Crippen LogP contribution in [0.1, 0.15) is 46.3 Å². The summed E-state index contributed by atoms with van der Waals surface area (Å²) < 4.78 is 40.4. The Morgan fingerprint density at radius 2 is 1.52 bits per heavy atom. The van der Waals surface area contributed by atoms with Gasteiger partial charge in [0.05, 0.1) is 11.3 Å². The minimum absolute atomic E-state index is 0.0307. The molecule has 4 rings (SSSR count). The number of alkyl halides is 3. The Morgan fingerprint density at radius 1 is 0.881 bits per heavy atom. The number of Topliss-reactive ketones (excluding diaryl/α,β-unsaturated/α-hetero) is 1. The zero-order valence-corrected chi connectivity index (χ0v) is 22.7. The topological polar surface area (TPSA) is 122 Å². The van der Waals surface area contributed by atoms with Crippen molar-refractivity contribution in [2.75, 3.05) is 11.9 Å². The van der Waals surface area contributed by atoms with Crippen LogP contribution >= 0.6 is 0 Å². The average Bonchev–Trinajstić information content (AvgIpc) is 2.98. The van der Waals surface area contributed by atoms with Crippen LogP contribution in [0.5, 0.6) is 0 Å². The normalized spacial score (nSPS) is 15.3. The lowest BCUT2D eigenvalue weighted by Gasteiger charge is -2.36. The van der Waals surface area contributed by atoms with Crippen molar-refractivity contribution in [2.24, 2.45) is 5.73 Å². The van der Waals surface area contributed by atoms with E-state index in [1.165, 1.54) is 17.0 Å². The second kappa shape index (κ2) is 13.4. The Balaban J connectivity index is 1.51. The highest BCUT2D eigenvalue weighted by atomic mass is 19.4. The number of hydrogen-bond donors (Lipinski definition) is 3. The van der Waals surface area contributed by atoms with Crippen molar-refractivity contribution >= 4 is 29.2 Å². The first-order valence-electron chi connectivity index (χ1n) is 13.5. The van der Waals surface area contributed by atoms with E-state index in [4.69, 9.17) is 5.73 Å². The summed E-state index contributed by atoms with van der Waals surface area (Å²) in [5.74, 6) is -2.13. The van der Waals surface area contributed by atoms with Gasteiger partial charge in [0.15, 0.2) is 5.78 Å². The highest BCUT2D eigenvalue weighted by molar-refractivity contribution is 6.00. The molecular formula is C31H31F3N4O4. The molecule has 8 nitrogen and oxygen atoms in total. The van der Waals surface area contributed by atoms with E-state index in [0.29, 0.717) is 5.56 Å². The number of nitrogens with one attached hydrogen (secondary N) is 2. The molecule has 42 heavy (non-hydrogen) atoms. The standard InChI is InChI=1S/C31H31F3N4O4/c32-31(33,34)23-12-6-7-13-24(23)36-29(41)25(16-17-35)37-30(42)26-18-21-10-4-5-11-22(21)19-38(26)28(40)15-14-27(39)20-8-2-1-3-9-20/h1-13,25-26H,14-19,35H2,(H,36,41)(H,37,42)/t25-,26-/m0/s1. The molecule has 0 saturated carbocycles. The molecule has 0 bridgehead atoms. The fourth-order valence-corrected chi connectivity index (χ4v) is 4.91. The molecule has 0 aliphatic carbocycles. The van der Waals surface area contributed by atoms with Crippen molar-refractivity contribution in [3.63, 3.8) is 0 Å². The minimum Gasteiger partial charge on any atom is -0.342 e. The maximum absolute atomic E-state index is 13.6. The Bertz CT molecular complexity index is 1450. The predicted octanol–water partition coefficient (Wildman–Crippen LogP) is 4.09. The summed E-state index contributed by atoms with van der Waals surface area (Å²) in [5.41, 5.74) is 6.37. The number of halogens is 3. The van der Waals surface area contributed by atoms with Gasteiger partial charge in [0, 0.05) is 31.4 Å². The molecule has 220 valence electrons. The number of para-hydroxylation sites is 1. The van der Waals surface area contributed by atoms with Crippen LogP contribution in [-0.2, 0) is 33.5 Å². The van der Waals surface area contributed by atoms with E-state index in [1.807, 2.05) is 24.3 Å². The second-order valence-electron chi connectivity index (χ2n) is 9.97. The zero-order chi connectivity index (χ0) is 30.3. The van der Waals surface area contributed by atoms with Gasteiger partial charge in [-0.3, -0.25) is 19.2 Å². The molecule has 0 radical (unpaired) electrons. The lowest BCUT2D eigenvalue weighted by Crippen LogP contribution is -2.56. The number of ketones is 1. The van der Waals surface area contributed by atoms with Gasteiger partial charge in [0.1, 0.15) is 12.1 Å². The molecule has 0 unspecified atom stereocenters. The molecule has 11 heteroatoms. The van der Waals surface area contributed by atoms with Crippen molar-refractivity contribution in [1.29, 1.82) is 0 Å². The number of fused-ring (bicyclic) bond motifs is 1. The van der Waals surface area contributed by atoms with Gasteiger partial charge < -0.3 is 21.3 Å². The number of nitrogens with two attached hydrogens (primary N) is 1. The van der Waals surface area contributed by atoms with Crippen LogP contribution in [0.15, 0.2) is 78.9 Å². The summed E-state index contributed by atoms with van der Waals surface area (Å²) in [6.45, 7) is 0.0936. The monoisotopic (exact) mass is 580 g/mol. The van der Waals surface area contributed by atoms with Gasteiger partial charge in [-0.25, -0.2) is 0 Å². The van der Waals surface area contributed by atoms with Gasteiger partial charge in [-0.15, -0.1) is 0 Å². The van der Waals surface area contributed by atoms with Crippen LogP contribution in [0.25, 0.3) is 0 Å². The van der Waals surface area contributed by atoms with E-state index in [0.717, 1.165) is 23.3 Å². The first kappa shape index (κ1) is 30.4. The molecular weight excluding hydrogens is 549 g/mol. The summed E-state index contributed by atoms with van der Waals surface area (Å²) >= 11 is 0. The molecule has 3 amide bonds. The van der Waals surface area contributed by atoms with E-state index in [2.05, 4.69) is 10.6 Å². The maximum atomic E-state index is 13.6. The molecule has 0 saturated heterocycles. The third kappa shape index (κ3) is 7.41. The molecule has 0 fully saturated rings. The lowest BCUT2D eigenvalue weighted by atomic mass is 9.92. The van der Waals surface area contributed by atoms with E-state index >= 15 is 0 Å². The van der Waals surface area contributed by atoms with Crippen LogP contribution in [0, 0.1) is 0 Å². The number of carbonyl (C=O) groups excluding carboxylic acids is 4. The summed E-state index contributed by atoms with van der Waals surface area (Å²) in [5, 5.41) is 4.86. The predicted molar refractivity (Wildman–Crippen MR) is 150 cm³/mol. The quantitative estimate of drug-likeness (QED) is 0.312. The number of anilines is 1. The van der Waals surface area contributed by atoms with Crippen molar-refractivity contribution in [1.82, 2.24) is 10.2 Å². The smallest absolute Gasteiger partial charge is 0.342 e. The Morgan fingerprint density at radius 3 is 2.21 bits per heavy atom. The van der Waals surface area contributed by atoms with Gasteiger partial charge >= 0.3 is 6.18 Å². The average molecular weight is 581 g/mol. The van der Waals surface area contributed by atoms with Crippen LogP contribution in [-0.4, -0.2) is 47.0 Å². The molecule has 1 aliphatic heterocycles. The van der Waals surface area contributed by atoms with Gasteiger partial charge in [-0.1, -0.05) is 66.7 Å². The third-order valence-electron chi connectivity index (χ3n) is 7.11. The summed E-state index contributed by atoms with van der Waals surface area (Å²) in [4.78, 5) is 54.0. The van der Waals surface area contributed by atoms with E-state index in [1.54, 1.807) is 30.3 Å². The number of nitrogens with zero attached hydrogens (tertiary/aromatic N) is 1. The molecule has 0 spiro atoms. The van der Waals surface area contributed by atoms with E-state index < -0.39 is 47.2 Å². The number of hydrogen-bond acceptors (Lipinski definition) is 5. The molecule has 3 aromatic carbocycles. The summed E-state index contributed by atoms with van der Waals surface area (Å²) in [7, 11) is 0. The van der Waals surface area contributed by atoms with Crippen molar-refractivity contribution in [3.05, 3.63) is 101 Å². The van der Waals surface area contributed by atoms with Gasteiger partial charge in [-0.2, -0.15) is 13.2 Å². The van der Waals surface area contributed by atoms with E-state index in [-0.39, 0.29) is 44.6 Å². The molecule has 0 aromatic heterocycles. The van der Waals surface area contributed by atoms with E-state index in [9.17, 15) is 32.3 Å². The Labute approximate surface area is 241 Å². The highest BCUT2D eigenvalue weighted by Gasteiger charge is 2.37. The van der Waals surface area contributed by atoms with Gasteiger partial charge in [0.2, 0.25) is 17.7 Å². The molecule has 3 aromatic rings. The van der Waals surface area contributed by atoms with Gasteiger partial charge in [0.25, 0.3) is 0 Å². The number of rotatable bonds is 10. The van der Waals surface area contributed by atoms with Crippen molar-refractivity contribution in [3.8, 4) is 0 Å². The fraction of sp³-hybridized carbons (Fsp3) is 0.290. The largest absolute Gasteiger partial charge is 0.418 e. The highest BCUT2D eigenvalue weighted by Crippen LogP contribution is 2.34. The minimum atomic E-state index is -4.70. The third-order valence-corrected chi connectivity index (χ3v) is 7.11. The SMILES string of the molecule is NCC[C@H](NC(=O)[C@@H]1Cc2ccccc2CN1C(=O)CCC(=O)c1ccccc1)C(=O)Nc1ccccc1C(F)(F)F. The van der Waals surface area contributed by atoms with Crippen LogP contribution < -0.4 is 16.4 Å². The Kier molecular flexibility index (Phi) is 9.74. The second-order valence-corrected chi connectivity index (χ2v) is 9.97. The van der Waals surface area contributed by atoms with Crippen LogP contribution in [0.2, 0.25) is 0 Å².